The van der Waals surface area contributed by atoms with Crippen LogP contribution in [0.5, 0.6) is 11.6 Å². The summed E-state index contributed by atoms with van der Waals surface area (Å²) in [4.78, 5) is 9.70. The number of fused-ring (bicyclic) bond motifs is 6. The van der Waals surface area contributed by atoms with E-state index < -0.39 is 0 Å². The van der Waals surface area contributed by atoms with E-state index in [0.29, 0.717) is 11.6 Å². The summed E-state index contributed by atoms with van der Waals surface area (Å²) in [6, 6.07) is 39.9. The third kappa shape index (κ3) is 4.03. The topological polar surface area (TPSA) is 66.8 Å². The Bertz CT molecular complexity index is 3200. The summed E-state index contributed by atoms with van der Waals surface area (Å²) in [5, 5.41) is 4.35. The Labute approximate surface area is 297 Å². The van der Waals surface area contributed by atoms with Crippen molar-refractivity contribution in [2.75, 3.05) is 0 Å². The number of ether oxygens (including phenoxy) is 1. The lowest BCUT2D eigenvalue weighted by molar-refractivity contribution is 0.450. The minimum atomic E-state index is -0.0253. The van der Waals surface area contributed by atoms with E-state index in [1.54, 1.807) is 0 Å². The third-order valence-corrected chi connectivity index (χ3v) is 10.4. The van der Waals surface area contributed by atoms with Crippen molar-refractivity contribution in [2.45, 2.75) is 26.2 Å². The van der Waals surface area contributed by atoms with E-state index in [1.165, 1.54) is 5.56 Å². The lowest BCUT2D eigenvalue weighted by Gasteiger charge is -2.20. The molecule has 0 aliphatic heterocycles. The highest BCUT2D eigenvalue weighted by Gasteiger charge is 2.23. The van der Waals surface area contributed by atoms with E-state index in [-0.39, 0.29) is 5.41 Å². The average Bonchev–Trinajstić information content (AvgIpc) is 3.92. The van der Waals surface area contributed by atoms with Crippen LogP contribution in [0.15, 0.2) is 144 Å². The van der Waals surface area contributed by atoms with E-state index in [1.807, 2.05) is 36.8 Å². The number of pyridine rings is 1. The van der Waals surface area contributed by atoms with Crippen LogP contribution in [0.1, 0.15) is 26.3 Å². The average molecular weight is 677 g/mol. The number of aromatic nitrogens is 6. The highest BCUT2D eigenvalue weighted by atomic mass is 16.5. The van der Waals surface area contributed by atoms with Crippen molar-refractivity contribution in [3.63, 3.8) is 0 Å². The molecule has 8 nitrogen and oxygen atoms in total. The summed E-state index contributed by atoms with van der Waals surface area (Å²) in [5.41, 5.74) is 8.90. The number of rotatable bonds is 4. The Morgan fingerprint density at radius 1 is 0.615 bits per heavy atom. The van der Waals surface area contributed by atoms with Gasteiger partial charge in [0.25, 0.3) is 0 Å². The Kier molecular flexibility index (Phi) is 5.78. The first-order chi connectivity index (χ1) is 25.4. The maximum absolute atomic E-state index is 7.14. The highest BCUT2D eigenvalue weighted by molar-refractivity contribution is 6.22. The Hall–Kier alpha value is -6.80. The predicted octanol–water partition coefficient (Wildman–Crippen LogP) is 11.0. The summed E-state index contributed by atoms with van der Waals surface area (Å²) >= 11 is 0. The molecule has 250 valence electrons. The predicted molar refractivity (Wildman–Crippen MR) is 208 cm³/mol. The maximum atomic E-state index is 7.14. The normalized spacial score (nSPS) is 12.5. The van der Waals surface area contributed by atoms with Gasteiger partial charge in [-0.3, -0.25) is 17.9 Å². The molecule has 52 heavy (non-hydrogen) atoms. The minimum absolute atomic E-state index is 0.0253. The van der Waals surface area contributed by atoms with Gasteiger partial charge < -0.3 is 9.15 Å². The fourth-order valence-electron chi connectivity index (χ4n) is 7.96. The standard InChI is InChI=1S/C44H32N6O2/c1-44(2,3)27-20-21-45-38(24-27)50-32-13-8-7-12-30(32)31-17-16-29(25-35(31)50)51-39-26-48-42-34(47-23-22-46-43(47)48)18-19-37-41(42)40-33(14-9-15-36(40)52-37)49(39)28-10-5-4-6-11-28/h4-26H,1-3H3. The number of para-hydroxylation sites is 2. The van der Waals surface area contributed by atoms with Crippen LogP contribution in [0.4, 0.5) is 0 Å². The molecule has 11 rings (SSSR count). The van der Waals surface area contributed by atoms with Crippen LogP contribution in [-0.2, 0) is 5.41 Å². The second kappa shape index (κ2) is 10.4. The van der Waals surface area contributed by atoms with Gasteiger partial charge >= 0.3 is 0 Å². The van der Waals surface area contributed by atoms with E-state index in [4.69, 9.17) is 19.1 Å². The molecule has 8 heteroatoms. The Morgan fingerprint density at radius 2 is 1.42 bits per heavy atom. The van der Waals surface area contributed by atoms with Crippen molar-refractivity contribution in [3.05, 3.63) is 146 Å². The smallest absolute Gasteiger partial charge is 0.221 e. The number of nitrogens with zero attached hydrogens (tertiary/aromatic N) is 6. The zero-order chi connectivity index (χ0) is 34.7. The largest absolute Gasteiger partial charge is 0.456 e. The lowest BCUT2D eigenvalue weighted by Crippen LogP contribution is -2.12. The van der Waals surface area contributed by atoms with Crippen LogP contribution >= 0.6 is 0 Å². The summed E-state index contributed by atoms with van der Waals surface area (Å²) in [5.74, 6) is 2.96. The molecule has 0 fully saturated rings. The van der Waals surface area contributed by atoms with Gasteiger partial charge in [-0.15, -0.1) is 0 Å². The van der Waals surface area contributed by atoms with Crippen LogP contribution in [0.3, 0.4) is 0 Å². The number of furan rings is 1. The highest BCUT2D eigenvalue weighted by Crippen LogP contribution is 2.42. The SMILES string of the molecule is CC(C)(C)c1ccnc(-n2c3ccccc3c3ccc(Oc4cn5c6c7c(ccc6n6ccnc65)oc5cccc(c57)n4-c4ccccc4)cc32)c1. The van der Waals surface area contributed by atoms with E-state index in [9.17, 15) is 0 Å². The molecule has 11 aromatic rings. The van der Waals surface area contributed by atoms with Crippen LogP contribution in [0.25, 0.3) is 77.6 Å². The molecule has 5 aromatic carbocycles. The van der Waals surface area contributed by atoms with Gasteiger partial charge in [0.15, 0.2) is 0 Å². The molecular weight excluding hydrogens is 645 g/mol. The lowest BCUT2D eigenvalue weighted by atomic mass is 9.88. The van der Waals surface area contributed by atoms with Gasteiger partial charge in [0, 0.05) is 41.1 Å². The molecule has 0 atom stereocenters. The van der Waals surface area contributed by atoms with E-state index in [0.717, 1.165) is 77.6 Å². The van der Waals surface area contributed by atoms with Gasteiger partial charge in [-0.05, 0) is 77.7 Å². The molecule has 0 saturated heterocycles. The van der Waals surface area contributed by atoms with Gasteiger partial charge in [-0.25, -0.2) is 9.97 Å². The second-order valence-corrected chi connectivity index (χ2v) is 14.5. The fourth-order valence-corrected chi connectivity index (χ4v) is 7.96. The number of imidazole rings is 2. The summed E-state index contributed by atoms with van der Waals surface area (Å²) < 4.78 is 22.3. The molecule has 0 radical (unpaired) electrons. The molecule has 6 heterocycles. The third-order valence-electron chi connectivity index (χ3n) is 10.4. The molecule has 0 saturated carbocycles. The number of benzene rings is 5. The van der Waals surface area contributed by atoms with E-state index in [2.05, 4.69) is 142 Å². The molecule has 0 amide bonds. The van der Waals surface area contributed by atoms with Crippen LogP contribution < -0.4 is 4.74 Å². The van der Waals surface area contributed by atoms with E-state index >= 15 is 0 Å². The first-order valence-electron chi connectivity index (χ1n) is 17.5. The fraction of sp³-hybridized carbons (Fsp3) is 0.0909. The van der Waals surface area contributed by atoms with Crippen molar-refractivity contribution in [2.24, 2.45) is 0 Å². The molecule has 0 bridgehead atoms. The number of hydrogen-bond donors (Lipinski definition) is 0. The quantitative estimate of drug-likeness (QED) is 0.186. The van der Waals surface area contributed by atoms with Gasteiger partial charge in [0.1, 0.15) is 22.7 Å². The molecule has 0 aliphatic carbocycles. The van der Waals surface area contributed by atoms with Gasteiger partial charge in [-0.1, -0.05) is 63.2 Å². The number of hydrogen-bond acceptors (Lipinski definition) is 4. The Morgan fingerprint density at radius 3 is 2.31 bits per heavy atom. The summed E-state index contributed by atoms with van der Waals surface area (Å²) in [6.07, 6.45) is 7.80. The molecule has 6 aromatic heterocycles. The van der Waals surface area contributed by atoms with Crippen molar-refractivity contribution >= 4 is 66.1 Å². The first kappa shape index (κ1) is 29.0. The van der Waals surface area contributed by atoms with Gasteiger partial charge in [0.05, 0.1) is 44.6 Å². The van der Waals surface area contributed by atoms with Gasteiger partial charge in [-0.2, -0.15) is 0 Å². The van der Waals surface area contributed by atoms with Crippen LogP contribution in [-0.4, -0.2) is 27.9 Å². The zero-order valence-corrected chi connectivity index (χ0v) is 28.8. The van der Waals surface area contributed by atoms with Crippen molar-refractivity contribution in [1.29, 1.82) is 0 Å². The minimum Gasteiger partial charge on any atom is -0.456 e. The maximum Gasteiger partial charge on any atom is 0.221 e. The molecule has 0 unspecified atom stereocenters. The molecule has 0 aliphatic rings. The van der Waals surface area contributed by atoms with Crippen molar-refractivity contribution < 1.29 is 9.15 Å². The first-order valence-corrected chi connectivity index (χ1v) is 17.5. The second-order valence-electron chi connectivity index (χ2n) is 14.5. The molecule has 0 spiro atoms. The van der Waals surface area contributed by atoms with Crippen LogP contribution in [0, 0.1) is 0 Å². The zero-order valence-electron chi connectivity index (χ0n) is 28.8. The van der Waals surface area contributed by atoms with Gasteiger partial charge in [0.2, 0.25) is 11.7 Å². The van der Waals surface area contributed by atoms with Crippen molar-refractivity contribution in [3.8, 4) is 23.1 Å². The van der Waals surface area contributed by atoms with Crippen molar-refractivity contribution in [1.82, 2.24) is 27.9 Å². The van der Waals surface area contributed by atoms with Crippen LogP contribution in [0.2, 0.25) is 0 Å². The monoisotopic (exact) mass is 676 g/mol. The molecule has 0 N–H and O–H groups in total. The Balaban J connectivity index is 1.23. The molecular formula is C44H32N6O2. The summed E-state index contributed by atoms with van der Waals surface area (Å²) in [6.45, 7) is 6.69. The summed E-state index contributed by atoms with van der Waals surface area (Å²) in [7, 11) is 0.